The third-order valence-corrected chi connectivity index (χ3v) is 21.2. The number of aliphatic hydroxyl groups is 4. The Bertz CT molecular complexity index is 2270. The standard InChI is InChI=1S/C61H92O20/c1-8-40-32(5)29(2)17-35(68-40)9-11-41-30(3)18-37(69-41)13-15-60-28-61(65,66)58(81-60)56-33(6)55(80-60)57-43(76-56)12-10-36(71-57)20-52(64)70-38-19-46-45(67-27-38)22-48-50(73-46)24-53(75-48)74-42-14-16-59(78-34(42)7)25-31(4)54-51(79-59)23-47-49(77-54)21-44(72-47)39(63)26-62/h29,31,33-51,53-58,62-63,65-66H,3,5,8-28H2,1-2,4,6-7H3/t29-,31+,33+,34+,35+,36-,37+,38-,39+,40-,41+,42+,43+,44+,45+,46?,47-,48-,49-,50?,51+,53-,54+,55-,56-,57+,58?,59-,60-/m1/s1. The van der Waals surface area contributed by atoms with Crippen LogP contribution in [0.4, 0.5) is 0 Å². The summed E-state index contributed by atoms with van der Waals surface area (Å²) in [6, 6.07) is 0. The Labute approximate surface area is 476 Å². The zero-order valence-corrected chi connectivity index (χ0v) is 48.2. The minimum absolute atomic E-state index is 0.0566. The van der Waals surface area contributed by atoms with Crippen molar-refractivity contribution in [1.82, 2.24) is 0 Å². The van der Waals surface area contributed by atoms with Crippen LogP contribution in [-0.4, -0.2) is 204 Å². The molecule has 0 aliphatic carbocycles. The largest absolute Gasteiger partial charge is 0.460 e. The second-order valence-corrected chi connectivity index (χ2v) is 27.0. The predicted molar refractivity (Wildman–Crippen MR) is 284 cm³/mol. The lowest BCUT2D eigenvalue weighted by Crippen LogP contribution is -2.63. The van der Waals surface area contributed by atoms with E-state index in [2.05, 4.69) is 33.9 Å². The lowest BCUT2D eigenvalue weighted by Gasteiger charge is -2.54. The SMILES string of the molecule is C=C1C[C@H](CC[C@]23CC(O)(O)C(O2)[C@@H]2O[C@H]4CC[C@H](CC(=O)O[C@H]5CO[C@H]6C[C@H]7O[C@@H](O[C@H]8CC[C@@]9(C[C@H](C)[C@@H]%10O[C@@H]%11C[C@@H]([C@@H](O)CO)O[C@@H]%11C[C@@H]%10O9)O[C@H]8C)CC7OC6C5)O[C@@H]4[C@H](O3)[C@@H]2C)O[C@H]1CC[C@H]1C[C@@H](C)C(=C)[C@@H](CC)O1. The molecular weight excluding hydrogens is 1050 g/mol. The van der Waals surface area contributed by atoms with Gasteiger partial charge in [-0.25, -0.2) is 0 Å². The van der Waals surface area contributed by atoms with Gasteiger partial charge in [0.25, 0.3) is 0 Å². The lowest BCUT2D eigenvalue weighted by molar-refractivity contribution is -0.371. The minimum Gasteiger partial charge on any atom is -0.460 e. The fourth-order valence-electron chi connectivity index (χ4n) is 16.9. The van der Waals surface area contributed by atoms with Crippen LogP contribution in [0.15, 0.2) is 24.3 Å². The van der Waals surface area contributed by atoms with E-state index in [4.69, 9.17) is 71.1 Å². The molecule has 0 saturated carbocycles. The van der Waals surface area contributed by atoms with E-state index in [1.54, 1.807) is 0 Å². The number of rotatable bonds is 14. The summed E-state index contributed by atoms with van der Waals surface area (Å²) in [5.74, 6) is -4.24. The average Bonchev–Trinajstić information content (AvgIpc) is 4.33. The maximum atomic E-state index is 13.7. The minimum atomic E-state index is -2.15. The molecule has 81 heavy (non-hydrogen) atoms. The number of fused-ring (bicyclic) bond motifs is 11. The van der Waals surface area contributed by atoms with Crippen molar-refractivity contribution in [3.63, 3.8) is 0 Å². The molecule has 13 rings (SSSR count). The van der Waals surface area contributed by atoms with Crippen LogP contribution in [0.1, 0.15) is 157 Å². The highest BCUT2D eigenvalue weighted by Crippen LogP contribution is 2.54. The molecular formula is C61H92O20. The molecule has 29 atom stereocenters. The van der Waals surface area contributed by atoms with Crippen molar-refractivity contribution in [2.45, 2.75) is 321 Å². The summed E-state index contributed by atoms with van der Waals surface area (Å²) in [6.45, 7) is 19.2. The molecule has 20 nitrogen and oxygen atoms in total. The Morgan fingerprint density at radius 2 is 1.47 bits per heavy atom. The van der Waals surface area contributed by atoms with E-state index in [1.165, 1.54) is 5.57 Å². The summed E-state index contributed by atoms with van der Waals surface area (Å²) in [6.07, 6.45) is 3.82. The molecule has 3 unspecified atom stereocenters. The van der Waals surface area contributed by atoms with Gasteiger partial charge >= 0.3 is 5.97 Å². The van der Waals surface area contributed by atoms with Gasteiger partial charge in [0.2, 0.25) is 0 Å². The first-order valence-electron chi connectivity index (χ1n) is 31.3. The molecule has 4 N–H and O–H groups in total. The van der Waals surface area contributed by atoms with Crippen LogP contribution in [-0.2, 0) is 75.8 Å². The number of aliphatic hydroxyl groups excluding tert-OH is 2. The van der Waals surface area contributed by atoms with E-state index in [-0.39, 0.29) is 135 Å². The molecule has 13 heterocycles. The van der Waals surface area contributed by atoms with Gasteiger partial charge in [0, 0.05) is 57.3 Å². The average molecular weight is 1150 g/mol. The summed E-state index contributed by atoms with van der Waals surface area (Å²) < 4.78 is 98.4. The van der Waals surface area contributed by atoms with Crippen molar-refractivity contribution in [1.29, 1.82) is 0 Å². The normalized spacial score (nSPS) is 52.1. The highest BCUT2D eigenvalue weighted by atomic mass is 16.8. The van der Waals surface area contributed by atoms with Gasteiger partial charge in [0.1, 0.15) is 24.4 Å². The molecule has 20 heteroatoms. The van der Waals surface area contributed by atoms with Crippen LogP contribution >= 0.6 is 0 Å². The Kier molecular flexibility index (Phi) is 16.6. The first kappa shape index (κ1) is 58.3. The van der Waals surface area contributed by atoms with Gasteiger partial charge in [-0.3, -0.25) is 4.79 Å². The van der Waals surface area contributed by atoms with Gasteiger partial charge in [0.05, 0.1) is 142 Å². The van der Waals surface area contributed by atoms with Gasteiger partial charge in [-0.15, -0.1) is 0 Å². The zero-order valence-electron chi connectivity index (χ0n) is 48.2. The van der Waals surface area contributed by atoms with E-state index in [0.717, 1.165) is 37.7 Å². The van der Waals surface area contributed by atoms with E-state index in [0.29, 0.717) is 83.0 Å². The van der Waals surface area contributed by atoms with E-state index in [9.17, 15) is 25.2 Å². The van der Waals surface area contributed by atoms with E-state index < -0.39 is 72.5 Å². The Hall–Kier alpha value is -1.77. The quantitative estimate of drug-likeness (QED) is 0.0985. The van der Waals surface area contributed by atoms with Crippen molar-refractivity contribution in [3.8, 4) is 0 Å². The summed E-state index contributed by atoms with van der Waals surface area (Å²) in [4.78, 5) is 13.7. The predicted octanol–water partition coefficient (Wildman–Crippen LogP) is 5.27. The highest BCUT2D eigenvalue weighted by molar-refractivity contribution is 5.70. The van der Waals surface area contributed by atoms with Gasteiger partial charge in [-0.2, -0.15) is 0 Å². The maximum Gasteiger partial charge on any atom is 0.308 e. The van der Waals surface area contributed by atoms with E-state index in [1.807, 2.05) is 13.8 Å². The molecule has 13 aliphatic heterocycles. The fraction of sp³-hybridized carbons (Fsp3) is 0.918. The number of esters is 1. The molecule has 4 bridgehead atoms. The number of carbonyl (C=O) groups is 1. The number of ether oxygens (including phenoxy) is 15. The molecule has 0 radical (unpaired) electrons. The molecule has 0 aromatic rings. The first-order chi connectivity index (χ1) is 38.8. The third kappa shape index (κ3) is 11.6. The van der Waals surface area contributed by atoms with Gasteiger partial charge < -0.3 is 91.5 Å². The smallest absolute Gasteiger partial charge is 0.308 e. The van der Waals surface area contributed by atoms with Crippen molar-refractivity contribution >= 4 is 5.97 Å². The first-order valence-corrected chi connectivity index (χ1v) is 31.3. The summed E-state index contributed by atoms with van der Waals surface area (Å²) >= 11 is 0. The Balaban J connectivity index is 0.562. The van der Waals surface area contributed by atoms with Crippen LogP contribution in [0.2, 0.25) is 0 Å². The number of hydrogen-bond acceptors (Lipinski definition) is 20. The van der Waals surface area contributed by atoms with Crippen LogP contribution in [0, 0.1) is 17.8 Å². The van der Waals surface area contributed by atoms with Crippen molar-refractivity contribution in [2.24, 2.45) is 17.8 Å². The molecule has 1 spiro atoms. The Morgan fingerprint density at radius 3 is 2.28 bits per heavy atom. The fourth-order valence-corrected chi connectivity index (χ4v) is 16.9. The molecule has 13 saturated heterocycles. The van der Waals surface area contributed by atoms with Crippen molar-refractivity contribution in [2.75, 3.05) is 13.2 Å². The van der Waals surface area contributed by atoms with Crippen molar-refractivity contribution in [3.05, 3.63) is 24.3 Å². The van der Waals surface area contributed by atoms with Gasteiger partial charge in [-0.05, 0) is 87.7 Å². The summed E-state index contributed by atoms with van der Waals surface area (Å²) in [7, 11) is 0. The number of hydrogen-bond donors (Lipinski definition) is 4. The Morgan fingerprint density at radius 1 is 0.704 bits per heavy atom. The van der Waals surface area contributed by atoms with E-state index >= 15 is 0 Å². The second-order valence-electron chi connectivity index (χ2n) is 27.0. The van der Waals surface area contributed by atoms with Crippen LogP contribution in [0.5, 0.6) is 0 Å². The maximum absolute atomic E-state index is 13.7. The van der Waals surface area contributed by atoms with Gasteiger partial charge in [0.15, 0.2) is 23.7 Å². The number of carbonyl (C=O) groups excluding carboxylic acids is 1. The third-order valence-electron chi connectivity index (χ3n) is 21.2. The molecule has 13 fully saturated rings. The van der Waals surface area contributed by atoms with Gasteiger partial charge in [-0.1, -0.05) is 40.9 Å². The molecule has 0 amide bonds. The van der Waals surface area contributed by atoms with Crippen LogP contribution in [0.3, 0.4) is 0 Å². The highest BCUT2D eigenvalue weighted by Gasteiger charge is 2.67. The molecule has 456 valence electrons. The summed E-state index contributed by atoms with van der Waals surface area (Å²) in [5, 5.41) is 42.6. The molecule has 0 aromatic heterocycles. The lowest BCUT2D eigenvalue weighted by atomic mass is 9.79. The van der Waals surface area contributed by atoms with Crippen LogP contribution < -0.4 is 0 Å². The van der Waals surface area contributed by atoms with Crippen LogP contribution in [0.25, 0.3) is 0 Å². The zero-order chi connectivity index (χ0) is 56.3. The molecule has 13 aliphatic rings. The molecule has 0 aromatic carbocycles. The monoisotopic (exact) mass is 1140 g/mol. The second kappa shape index (κ2) is 23.1. The van der Waals surface area contributed by atoms with Crippen molar-refractivity contribution < 1.29 is 96.3 Å². The topological polar surface area (TPSA) is 236 Å². The summed E-state index contributed by atoms with van der Waals surface area (Å²) in [5.41, 5.74) is 2.25.